The van der Waals surface area contributed by atoms with E-state index in [2.05, 4.69) is 5.32 Å². The Hall–Kier alpha value is -2.25. The first-order valence-corrected chi connectivity index (χ1v) is 10.2. The first-order chi connectivity index (χ1) is 12.3. The van der Waals surface area contributed by atoms with Crippen molar-refractivity contribution in [1.29, 1.82) is 0 Å². The summed E-state index contributed by atoms with van der Waals surface area (Å²) in [5.74, 6) is 0.200. The summed E-state index contributed by atoms with van der Waals surface area (Å²) in [6.45, 7) is 2.27. The van der Waals surface area contributed by atoms with E-state index in [4.69, 9.17) is 16.3 Å². The van der Waals surface area contributed by atoms with Crippen LogP contribution in [0.5, 0.6) is 5.75 Å². The smallest absolute Gasteiger partial charge is 0.258 e. The average Bonchev–Trinajstić information content (AvgIpc) is 2.60. The SMILES string of the molecule is CCN(c1ccc(OCC(=O)NCc2ccccc2Cl)cc1)S(C)(=O)=O. The first-order valence-electron chi connectivity index (χ1n) is 8.02. The normalized spacial score (nSPS) is 11.0. The van der Waals surface area contributed by atoms with Crippen LogP contribution in [0.1, 0.15) is 12.5 Å². The molecule has 2 rings (SSSR count). The molecule has 0 aliphatic carbocycles. The van der Waals surface area contributed by atoms with E-state index < -0.39 is 10.0 Å². The van der Waals surface area contributed by atoms with Crippen LogP contribution in [-0.2, 0) is 21.4 Å². The number of benzene rings is 2. The van der Waals surface area contributed by atoms with Crippen LogP contribution in [0.2, 0.25) is 5.02 Å². The number of hydrogen-bond acceptors (Lipinski definition) is 4. The number of carbonyl (C=O) groups excluding carboxylic acids is 1. The van der Waals surface area contributed by atoms with E-state index in [1.54, 1.807) is 37.3 Å². The molecule has 0 saturated carbocycles. The summed E-state index contributed by atoms with van der Waals surface area (Å²) < 4.78 is 30.1. The monoisotopic (exact) mass is 396 g/mol. The highest BCUT2D eigenvalue weighted by molar-refractivity contribution is 7.92. The minimum absolute atomic E-state index is 0.145. The molecule has 1 amide bonds. The first kappa shape index (κ1) is 20.1. The molecule has 1 N–H and O–H groups in total. The highest BCUT2D eigenvalue weighted by Crippen LogP contribution is 2.21. The van der Waals surface area contributed by atoms with E-state index in [1.807, 2.05) is 18.2 Å². The van der Waals surface area contributed by atoms with Gasteiger partial charge in [0.25, 0.3) is 5.91 Å². The second kappa shape index (κ2) is 8.91. The molecule has 6 nitrogen and oxygen atoms in total. The Balaban J connectivity index is 1.87. The van der Waals surface area contributed by atoms with Gasteiger partial charge in [0.15, 0.2) is 6.61 Å². The van der Waals surface area contributed by atoms with Gasteiger partial charge in [0.1, 0.15) is 5.75 Å². The van der Waals surface area contributed by atoms with Crippen LogP contribution < -0.4 is 14.4 Å². The molecule has 2 aromatic carbocycles. The summed E-state index contributed by atoms with van der Waals surface area (Å²) in [4.78, 5) is 11.9. The molecular formula is C18H21ClN2O4S. The Bertz CT molecular complexity index is 854. The molecule has 0 heterocycles. The van der Waals surface area contributed by atoms with E-state index >= 15 is 0 Å². The van der Waals surface area contributed by atoms with Crippen LogP contribution in [0, 0.1) is 0 Å². The number of anilines is 1. The van der Waals surface area contributed by atoms with Gasteiger partial charge in [-0.15, -0.1) is 0 Å². The maximum Gasteiger partial charge on any atom is 0.258 e. The molecule has 0 fully saturated rings. The van der Waals surface area contributed by atoms with Crippen LogP contribution in [0.4, 0.5) is 5.69 Å². The van der Waals surface area contributed by atoms with Crippen LogP contribution >= 0.6 is 11.6 Å². The standard InChI is InChI=1S/C18H21ClN2O4S/c1-3-21(26(2,23)24)15-8-10-16(11-9-15)25-13-18(22)20-12-14-6-4-5-7-17(14)19/h4-11H,3,12-13H2,1-2H3,(H,20,22). The Morgan fingerprint density at radius 1 is 1.15 bits per heavy atom. The molecule has 0 radical (unpaired) electrons. The lowest BCUT2D eigenvalue weighted by Gasteiger charge is -2.20. The van der Waals surface area contributed by atoms with Crippen molar-refractivity contribution in [3.63, 3.8) is 0 Å². The molecule has 0 aromatic heterocycles. The number of amides is 1. The minimum atomic E-state index is -3.33. The van der Waals surface area contributed by atoms with Crippen LogP contribution in [0.15, 0.2) is 48.5 Å². The largest absolute Gasteiger partial charge is 0.484 e. The van der Waals surface area contributed by atoms with E-state index in [-0.39, 0.29) is 12.5 Å². The highest BCUT2D eigenvalue weighted by Gasteiger charge is 2.15. The average molecular weight is 397 g/mol. The molecule has 0 aliphatic heterocycles. The van der Waals surface area contributed by atoms with Crippen molar-refractivity contribution in [2.24, 2.45) is 0 Å². The quantitative estimate of drug-likeness (QED) is 0.744. The minimum Gasteiger partial charge on any atom is -0.484 e. The van der Waals surface area contributed by atoms with Crippen LogP contribution in [-0.4, -0.2) is 33.7 Å². The van der Waals surface area contributed by atoms with Gasteiger partial charge in [-0.05, 0) is 42.8 Å². The molecule has 0 spiro atoms. The zero-order chi connectivity index (χ0) is 19.2. The number of ether oxygens (including phenoxy) is 1. The van der Waals surface area contributed by atoms with Crippen LogP contribution in [0.3, 0.4) is 0 Å². The van der Waals surface area contributed by atoms with Crippen molar-refractivity contribution in [1.82, 2.24) is 5.32 Å². The summed E-state index contributed by atoms with van der Waals surface area (Å²) in [7, 11) is -3.33. The fraction of sp³-hybridized carbons (Fsp3) is 0.278. The van der Waals surface area contributed by atoms with Gasteiger partial charge in [-0.25, -0.2) is 8.42 Å². The topological polar surface area (TPSA) is 75.7 Å². The number of nitrogens with zero attached hydrogens (tertiary/aromatic N) is 1. The molecule has 8 heteroatoms. The van der Waals surface area contributed by atoms with Crippen molar-refractivity contribution in [2.45, 2.75) is 13.5 Å². The van der Waals surface area contributed by atoms with E-state index in [9.17, 15) is 13.2 Å². The fourth-order valence-corrected chi connectivity index (χ4v) is 3.53. The third-order valence-corrected chi connectivity index (χ3v) is 5.25. The Morgan fingerprint density at radius 2 is 1.81 bits per heavy atom. The lowest BCUT2D eigenvalue weighted by Crippen LogP contribution is -2.29. The van der Waals surface area contributed by atoms with Crippen molar-refractivity contribution >= 4 is 33.2 Å². The van der Waals surface area contributed by atoms with Crippen molar-refractivity contribution < 1.29 is 17.9 Å². The second-order valence-corrected chi connectivity index (χ2v) is 7.89. The van der Waals surface area contributed by atoms with Crippen molar-refractivity contribution in [3.8, 4) is 5.75 Å². The zero-order valence-electron chi connectivity index (χ0n) is 14.6. The molecule has 140 valence electrons. The molecular weight excluding hydrogens is 376 g/mol. The molecule has 0 saturated heterocycles. The number of carbonyl (C=O) groups is 1. The number of nitrogens with one attached hydrogen (secondary N) is 1. The Kier molecular flexibility index (Phi) is 6.88. The number of rotatable bonds is 8. The summed E-state index contributed by atoms with van der Waals surface area (Å²) >= 11 is 6.04. The van der Waals surface area contributed by atoms with Gasteiger partial charge in [0, 0.05) is 18.1 Å². The van der Waals surface area contributed by atoms with Gasteiger partial charge in [-0.3, -0.25) is 9.10 Å². The molecule has 0 atom stereocenters. The van der Waals surface area contributed by atoms with Gasteiger partial charge in [-0.2, -0.15) is 0 Å². The maximum absolute atomic E-state index is 11.9. The molecule has 0 bridgehead atoms. The molecule has 2 aromatic rings. The Morgan fingerprint density at radius 3 is 2.38 bits per heavy atom. The number of halogens is 1. The van der Waals surface area contributed by atoms with Gasteiger partial charge < -0.3 is 10.1 Å². The third kappa shape index (κ3) is 5.64. The lowest BCUT2D eigenvalue weighted by atomic mass is 10.2. The van der Waals surface area contributed by atoms with Crippen molar-refractivity contribution in [2.75, 3.05) is 23.7 Å². The zero-order valence-corrected chi connectivity index (χ0v) is 16.2. The fourth-order valence-electron chi connectivity index (χ4n) is 2.35. The Labute approximate surface area is 158 Å². The molecule has 0 unspecified atom stereocenters. The van der Waals surface area contributed by atoms with Gasteiger partial charge >= 0.3 is 0 Å². The van der Waals surface area contributed by atoms with Gasteiger partial charge in [0.05, 0.1) is 11.9 Å². The summed E-state index contributed by atoms with van der Waals surface area (Å²) in [6, 6.07) is 13.8. The van der Waals surface area contributed by atoms with Crippen molar-refractivity contribution in [3.05, 3.63) is 59.1 Å². The summed E-state index contributed by atoms with van der Waals surface area (Å²) in [5, 5.41) is 3.33. The van der Waals surface area contributed by atoms with E-state index in [0.29, 0.717) is 29.5 Å². The van der Waals surface area contributed by atoms with E-state index in [0.717, 1.165) is 11.8 Å². The molecule has 0 aliphatic rings. The lowest BCUT2D eigenvalue weighted by molar-refractivity contribution is -0.123. The predicted molar refractivity (Wildman–Crippen MR) is 103 cm³/mol. The third-order valence-electron chi connectivity index (χ3n) is 3.62. The summed E-state index contributed by atoms with van der Waals surface area (Å²) in [5.41, 5.74) is 1.37. The summed E-state index contributed by atoms with van der Waals surface area (Å²) in [6.07, 6.45) is 1.16. The molecule has 26 heavy (non-hydrogen) atoms. The number of sulfonamides is 1. The van der Waals surface area contributed by atoms with E-state index in [1.165, 1.54) is 4.31 Å². The highest BCUT2D eigenvalue weighted by atomic mass is 35.5. The number of hydrogen-bond donors (Lipinski definition) is 1. The maximum atomic E-state index is 11.9. The van der Waals surface area contributed by atoms with Gasteiger partial charge in [0.2, 0.25) is 10.0 Å². The second-order valence-electron chi connectivity index (χ2n) is 5.58. The van der Waals surface area contributed by atoms with Gasteiger partial charge in [-0.1, -0.05) is 29.8 Å². The predicted octanol–water partition coefficient (Wildman–Crippen LogP) is 2.82. The van der Waals surface area contributed by atoms with Crippen LogP contribution in [0.25, 0.3) is 0 Å².